The first-order valence-electron chi connectivity index (χ1n) is 5.07. The van der Waals surface area contributed by atoms with Crippen molar-refractivity contribution < 1.29 is 9.53 Å². The maximum absolute atomic E-state index is 11.6. The summed E-state index contributed by atoms with van der Waals surface area (Å²) in [6.45, 7) is 0.177. The zero-order valence-electron chi connectivity index (χ0n) is 9.33. The number of hydrazine groups is 1. The molecule has 0 saturated heterocycles. The first-order chi connectivity index (χ1) is 8.27. The maximum Gasteiger partial charge on any atom is 0.261 e. The van der Waals surface area contributed by atoms with E-state index < -0.39 is 6.04 Å². The average molecular weight is 235 g/mol. The molecule has 17 heavy (non-hydrogen) atoms. The highest BCUT2D eigenvalue weighted by Crippen LogP contribution is 2.15. The molecule has 0 aliphatic rings. The van der Waals surface area contributed by atoms with Crippen molar-refractivity contribution in [3.63, 3.8) is 0 Å². The van der Waals surface area contributed by atoms with Crippen LogP contribution in [0.5, 0.6) is 0 Å². The van der Waals surface area contributed by atoms with E-state index in [2.05, 4.69) is 15.7 Å². The minimum Gasteiger partial charge on any atom is -0.382 e. The molecule has 0 aliphatic heterocycles. The number of nitrogens with one attached hydrogen (secondary N) is 1. The first kappa shape index (κ1) is 11.5. The van der Waals surface area contributed by atoms with Crippen LogP contribution in [0.15, 0.2) is 24.3 Å². The van der Waals surface area contributed by atoms with Crippen molar-refractivity contribution in [3.05, 3.63) is 24.3 Å². The number of methoxy groups -OCH3 is 1. The molecule has 0 fully saturated rings. The fourth-order valence-electron chi connectivity index (χ4n) is 1.63. The van der Waals surface area contributed by atoms with Crippen LogP contribution in [0.4, 0.5) is 0 Å². The molecule has 0 bridgehead atoms. The predicted octanol–water partition coefficient (Wildman–Crippen LogP) is -0.391. The molecule has 3 N–H and O–H groups in total. The highest BCUT2D eigenvalue weighted by Gasteiger charge is 2.22. The van der Waals surface area contributed by atoms with Gasteiger partial charge in [0.05, 0.1) is 12.1 Å². The van der Waals surface area contributed by atoms with Gasteiger partial charge in [-0.05, 0) is 12.1 Å². The van der Waals surface area contributed by atoms with E-state index in [0.717, 1.165) is 11.0 Å². The van der Waals surface area contributed by atoms with E-state index in [1.54, 1.807) is 0 Å². The third-order valence-electron chi connectivity index (χ3n) is 2.44. The van der Waals surface area contributed by atoms with Gasteiger partial charge in [0.15, 0.2) is 6.04 Å². The number of hydrogen-bond acceptors (Lipinski definition) is 5. The largest absolute Gasteiger partial charge is 0.382 e. The number of rotatable bonds is 4. The average Bonchev–Trinajstić information content (AvgIpc) is 2.79. The van der Waals surface area contributed by atoms with Gasteiger partial charge in [-0.1, -0.05) is 17.3 Å². The predicted molar refractivity (Wildman–Crippen MR) is 60.8 cm³/mol. The number of aromatic nitrogens is 3. The van der Waals surface area contributed by atoms with E-state index in [0.29, 0.717) is 0 Å². The Morgan fingerprint density at radius 3 is 3.06 bits per heavy atom. The molecule has 1 unspecified atom stereocenters. The van der Waals surface area contributed by atoms with Crippen LogP contribution in [0, 0.1) is 0 Å². The molecule has 2 rings (SSSR count). The number of fused-ring (bicyclic) bond motifs is 1. The van der Waals surface area contributed by atoms with E-state index in [-0.39, 0.29) is 12.5 Å². The topological polar surface area (TPSA) is 95.1 Å². The molecular formula is C10H13N5O2. The summed E-state index contributed by atoms with van der Waals surface area (Å²) >= 11 is 0. The molecule has 1 atom stereocenters. The summed E-state index contributed by atoms with van der Waals surface area (Å²) in [5, 5.41) is 7.93. The number of nitrogens with two attached hydrogens (primary N) is 1. The molecule has 90 valence electrons. The molecule has 1 heterocycles. The van der Waals surface area contributed by atoms with Gasteiger partial charge in [0.25, 0.3) is 5.91 Å². The Labute approximate surface area is 97.5 Å². The van der Waals surface area contributed by atoms with Gasteiger partial charge >= 0.3 is 0 Å². The third-order valence-corrected chi connectivity index (χ3v) is 2.44. The van der Waals surface area contributed by atoms with Crippen molar-refractivity contribution in [2.45, 2.75) is 6.04 Å². The molecule has 1 aromatic heterocycles. The molecule has 1 amide bonds. The Bertz CT molecular complexity index is 524. The SMILES string of the molecule is COCC(C(=O)NN)n1nnc2ccccc21. The lowest BCUT2D eigenvalue weighted by atomic mass is 10.2. The van der Waals surface area contributed by atoms with Crippen LogP contribution in [-0.2, 0) is 9.53 Å². The number of hydrogen-bond donors (Lipinski definition) is 2. The Morgan fingerprint density at radius 2 is 2.35 bits per heavy atom. The second kappa shape index (κ2) is 4.89. The number of nitrogens with zero attached hydrogens (tertiary/aromatic N) is 3. The number of amides is 1. The molecule has 0 saturated carbocycles. The minimum atomic E-state index is -0.627. The lowest BCUT2D eigenvalue weighted by Crippen LogP contribution is -2.39. The Kier molecular flexibility index (Phi) is 3.31. The van der Waals surface area contributed by atoms with Crippen LogP contribution in [0.2, 0.25) is 0 Å². The summed E-state index contributed by atoms with van der Waals surface area (Å²) in [4.78, 5) is 11.6. The molecular weight excluding hydrogens is 222 g/mol. The molecule has 0 aliphatic carbocycles. The van der Waals surface area contributed by atoms with Gasteiger partial charge in [-0.2, -0.15) is 0 Å². The minimum absolute atomic E-state index is 0.177. The van der Waals surface area contributed by atoms with Crippen molar-refractivity contribution in [1.82, 2.24) is 20.4 Å². The summed E-state index contributed by atoms with van der Waals surface area (Å²) < 4.78 is 6.50. The molecule has 1 aromatic carbocycles. The van der Waals surface area contributed by atoms with E-state index in [1.165, 1.54) is 11.8 Å². The quantitative estimate of drug-likeness (QED) is 0.427. The molecule has 0 spiro atoms. The Morgan fingerprint density at radius 1 is 1.59 bits per heavy atom. The lowest BCUT2D eigenvalue weighted by Gasteiger charge is -2.14. The number of carbonyl (C=O) groups is 1. The number of benzene rings is 1. The van der Waals surface area contributed by atoms with Crippen LogP contribution >= 0.6 is 0 Å². The van der Waals surface area contributed by atoms with Gasteiger partial charge in [0, 0.05) is 7.11 Å². The highest BCUT2D eigenvalue weighted by molar-refractivity contribution is 5.82. The van der Waals surface area contributed by atoms with Gasteiger partial charge in [0.1, 0.15) is 5.52 Å². The van der Waals surface area contributed by atoms with Crippen molar-refractivity contribution in [2.75, 3.05) is 13.7 Å². The molecule has 0 radical (unpaired) electrons. The fraction of sp³-hybridized carbons (Fsp3) is 0.300. The number of carbonyl (C=O) groups excluding carboxylic acids is 1. The van der Waals surface area contributed by atoms with Crippen molar-refractivity contribution in [2.24, 2.45) is 5.84 Å². The number of ether oxygens (including phenoxy) is 1. The van der Waals surface area contributed by atoms with Crippen LogP contribution in [0.3, 0.4) is 0 Å². The van der Waals surface area contributed by atoms with E-state index >= 15 is 0 Å². The van der Waals surface area contributed by atoms with Crippen LogP contribution in [0.25, 0.3) is 11.0 Å². The lowest BCUT2D eigenvalue weighted by molar-refractivity contribution is -0.126. The summed E-state index contributed by atoms with van der Waals surface area (Å²) in [5.74, 6) is 4.76. The van der Waals surface area contributed by atoms with Gasteiger partial charge in [-0.3, -0.25) is 10.2 Å². The van der Waals surface area contributed by atoms with Crippen molar-refractivity contribution in [3.8, 4) is 0 Å². The highest BCUT2D eigenvalue weighted by atomic mass is 16.5. The van der Waals surface area contributed by atoms with E-state index in [9.17, 15) is 4.79 Å². The second-order valence-corrected chi connectivity index (χ2v) is 3.50. The van der Waals surface area contributed by atoms with Crippen LogP contribution < -0.4 is 11.3 Å². The molecule has 7 heteroatoms. The fourth-order valence-corrected chi connectivity index (χ4v) is 1.63. The first-order valence-corrected chi connectivity index (χ1v) is 5.07. The van der Waals surface area contributed by atoms with Crippen LogP contribution in [0.1, 0.15) is 6.04 Å². The van der Waals surface area contributed by atoms with Crippen molar-refractivity contribution in [1.29, 1.82) is 0 Å². The van der Waals surface area contributed by atoms with Crippen molar-refractivity contribution >= 4 is 16.9 Å². The zero-order valence-corrected chi connectivity index (χ0v) is 9.33. The monoisotopic (exact) mass is 235 g/mol. The molecule has 7 nitrogen and oxygen atoms in total. The number of para-hydroxylation sites is 1. The van der Waals surface area contributed by atoms with Gasteiger partial charge in [-0.25, -0.2) is 10.5 Å². The Balaban J connectivity index is 2.45. The van der Waals surface area contributed by atoms with Gasteiger partial charge in [0.2, 0.25) is 0 Å². The molecule has 2 aromatic rings. The summed E-state index contributed by atoms with van der Waals surface area (Å²) in [5.41, 5.74) is 3.58. The van der Waals surface area contributed by atoms with Gasteiger partial charge < -0.3 is 4.74 Å². The zero-order chi connectivity index (χ0) is 12.3. The summed E-state index contributed by atoms with van der Waals surface area (Å²) in [6.07, 6.45) is 0. The smallest absolute Gasteiger partial charge is 0.261 e. The van der Waals surface area contributed by atoms with E-state index in [1.807, 2.05) is 24.3 Å². The summed E-state index contributed by atoms with van der Waals surface area (Å²) in [6, 6.07) is 6.74. The second-order valence-electron chi connectivity index (χ2n) is 3.50. The van der Waals surface area contributed by atoms with E-state index in [4.69, 9.17) is 10.6 Å². The Hall–Kier alpha value is -1.99. The standard InChI is InChI=1S/C10H13N5O2/c1-17-6-9(10(16)12-11)15-8-5-3-2-4-7(8)13-14-15/h2-5,9H,6,11H2,1H3,(H,12,16). The summed E-state index contributed by atoms with van der Waals surface area (Å²) in [7, 11) is 1.51. The third kappa shape index (κ3) is 2.10. The van der Waals surface area contributed by atoms with Crippen LogP contribution in [-0.4, -0.2) is 34.6 Å². The normalized spacial score (nSPS) is 12.6. The van der Waals surface area contributed by atoms with Gasteiger partial charge in [-0.15, -0.1) is 5.10 Å². The maximum atomic E-state index is 11.6.